The summed E-state index contributed by atoms with van der Waals surface area (Å²) in [4.78, 5) is 26.8. The highest BCUT2D eigenvalue weighted by Crippen LogP contribution is 2.43. The Morgan fingerprint density at radius 1 is 0.867 bits per heavy atom. The monoisotopic (exact) mass is 422 g/mol. The van der Waals surface area contributed by atoms with E-state index in [1.807, 2.05) is 0 Å². The second-order valence-electron chi connectivity index (χ2n) is 9.54. The van der Waals surface area contributed by atoms with Crippen molar-refractivity contribution in [3.63, 3.8) is 0 Å². The van der Waals surface area contributed by atoms with Crippen LogP contribution in [0.25, 0.3) is 0 Å². The Morgan fingerprint density at radius 2 is 1.27 bits per heavy atom. The molecule has 10 nitrogen and oxygen atoms in total. The molecule has 6 N–H and O–H groups in total. The molecule has 0 saturated heterocycles. The summed E-state index contributed by atoms with van der Waals surface area (Å²) in [5.74, 6) is 1.71. The van der Waals surface area contributed by atoms with Gasteiger partial charge in [0.05, 0.1) is 0 Å². The maximum atomic E-state index is 10.8. The molecule has 4 atom stereocenters. The summed E-state index contributed by atoms with van der Waals surface area (Å²) in [7, 11) is 0. The third kappa shape index (κ3) is 5.48. The van der Waals surface area contributed by atoms with Gasteiger partial charge in [0.1, 0.15) is 0 Å². The highest BCUT2D eigenvalue weighted by atomic mass is 16.5. The maximum Gasteiger partial charge on any atom is 0.438 e. The fraction of sp³-hybridized carbons (Fsp3) is 0.800. The SMILES string of the molecule is CC1CCC(CN)(Cc2noc(=O)[nH]2)C1.CC1CCC(CN)(Cc2noc(=O)[nH]2)C1. The van der Waals surface area contributed by atoms with Crippen molar-refractivity contribution in [3.05, 3.63) is 32.8 Å². The third-order valence-electron chi connectivity index (χ3n) is 6.82. The number of nitrogens with zero attached hydrogens (tertiary/aromatic N) is 2. The highest BCUT2D eigenvalue weighted by molar-refractivity contribution is 4.97. The van der Waals surface area contributed by atoms with Gasteiger partial charge in [0.15, 0.2) is 11.6 Å². The first-order chi connectivity index (χ1) is 14.3. The van der Waals surface area contributed by atoms with Crippen molar-refractivity contribution < 1.29 is 9.05 Å². The number of nitrogens with one attached hydrogen (secondary N) is 2. The van der Waals surface area contributed by atoms with E-state index in [4.69, 9.17) is 11.5 Å². The molecule has 0 amide bonds. The van der Waals surface area contributed by atoms with Gasteiger partial charge < -0.3 is 11.5 Å². The average molecular weight is 423 g/mol. The minimum absolute atomic E-state index is 0.110. The zero-order chi connectivity index (χ0) is 21.8. The molecule has 4 unspecified atom stereocenters. The summed E-state index contributed by atoms with van der Waals surface area (Å²) >= 11 is 0. The minimum atomic E-state index is -0.483. The summed E-state index contributed by atoms with van der Waals surface area (Å²) in [6, 6.07) is 0. The van der Waals surface area contributed by atoms with Crippen molar-refractivity contribution in [1.29, 1.82) is 0 Å². The lowest BCUT2D eigenvalue weighted by atomic mass is 9.82. The van der Waals surface area contributed by atoms with E-state index < -0.39 is 11.5 Å². The van der Waals surface area contributed by atoms with Crippen molar-refractivity contribution in [2.75, 3.05) is 13.1 Å². The van der Waals surface area contributed by atoms with Crippen LogP contribution in [0.15, 0.2) is 18.6 Å². The highest BCUT2D eigenvalue weighted by Gasteiger charge is 2.38. The number of H-pyrrole nitrogens is 2. The second kappa shape index (κ2) is 9.30. The predicted octanol–water partition coefficient (Wildman–Crippen LogP) is 1.34. The first-order valence-electron chi connectivity index (χ1n) is 10.8. The standard InChI is InChI=1S/2C10H17N3O2/c2*1-7-2-3-10(4-7,6-11)5-8-12-9(14)15-13-8/h2*7H,2-6,11H2,1H3,(H,12,13,14). The predicted molar refractivity (Wildman–Crippen MR) is 111 cm³/mol. The Labute approximate surface area is 175 Å². The van der Waals surface area contributed by atoms with Crippen LogP contribution in [0.4, 0.5) is 0 Å². The molecular weight excluding hydrogens is 388 g/mol. The summed E-state index contributed by atoms with van der Waals surface area (Å²) in [5, 5.41) is 7.40. The second-order valence-corrected chi connectivity index (χ2v) is 9.54. The molecule has 2 aliphatic carbocycles. The molecule has 2 aromatic heterocycles. The zero-order valence-corrected chi connectivity index (χ0v) is 17.9. The number of aromatic amines is 2. The van der Waals surface area contributed by atoms with E-state index >= 15 is 0 Å². The van der Waals surface area contributed by atoms with E-state index in [1.165, 1.54) is 12.8 Å². The van der Waals surface area contributed by atoms with Crippen LogP contribution in [0.2, 0.25) is 0 Å². The number of rotatable bonds is 6. The first kappa shape index (κ1) is 22.5. The molecule has 2 heterocycles. The van der Waals surface area contributed by atoms with Crippen LogP contribution in [0.3, 0.4) is 0 Å². The van der Waals surface area contributed by atoms with Gasteiger partial charge in [0.2, 0.25) is 0 Å². The normalized spacial score (nSPS) is 30.9. The van der Waals surface area contributed by atoms with E-state index in [0.717, 1.165) is 38.5 Å². The molecule has 0 bridgehead atoms. The van der Waals surface area contributed by atoms with Crippen molar-refractivity contribution in [3.8, 4) is 0 Å². The number of hydrogen-bond donors (Lipinski definition) is 4. The number of aromatic nitrogens is 4. The molecule has 2 aromatic rings. The van der Waals surface area contributed by atoms with E-state index in [-0.39, 0.29) is 10.8 Å². The van der Waals surface area contributed by atoms with Crippen molar-refractivity contribution in [2.24, 2.45) is 34.1 Å². The molecule has 0 radical (unpaired) electrons. The summed E-state index contributed by atoms with van der Waals surface area (Å²) in [6.45, 7) is 5.77. The van der Waals surface area contributed by atoms with Crippen LogP contribution in [-0.2, 0) is 12.8 Å². The fourth-order valence-corrected chi connectivity index (χ4v) is 5.21. The van der Waals surface area contributed by atoms with Crippen molar-refractivity contribution in [2.45, 2.75) is 65.2 Å². The number of hydrogen-bond acceptors (Lipinski definition) is 8. The largest absolute Gasteiger partial charge is 0.438 e. The van der Waals surface area contributed by atoms with Gasteiger partial charge in [-0.25, -0.2) is 9.59 Å². The van der Waals surface area contributed by atoms with Crippen LogP contribution in [0.1, 0.15) is 64.0 Å². The molecule has 2 aliphatic rings. The Kier molecular flexibility index (Phi) is 6.97. The van der Waals surface area contributed by atoms with Crippen molar-refractivity contribution in [1.82, 2.24) is 20.3 Å². The minimum Gasteiger partial charge on any atom is -0.330 e. The van der Waals surface area contributed by atoms with E-state index in [2.05, 4.69) is 43.2 Å². The van der Waals surface area contributed by atoms with Crippen LogP contribution >= 0.6 is 0 Å². The van der Waals surface area contributed by atoms with Gasteiger partial charge in [-0.1, -0.05) is 37.0 Å². The van der Waals surface area contributed by atoms with Gasteiger partial charge in [-0.2, -0.15) is 0 Å². The van der Waals surface area contributed by atoms with E-state index in [9.17, 15) is 9.59 Å². The Bertz CT molecular complexity index is 842. The summed E-state index contributed by atoms with van der Waals surface area (Å²) in [5.41, 5.74) is 11.9. The lowest BCUT2D eigenvalue weighted by Crippen LogP contribution is -2.30. The molecule has 0 aromatic carbocycles. The first-order valence-corrected chi connectivity index (χ1v) is 10.8. The lowest BCUT2D eigenvalue weighted by molar-refractivity contribution is 0.283. The van der Waals surface area contributed by atoms with E-state index in [0.29, 0.717) is 36.6 Å². The van der Waals surface area contributed by atoms with Gasteiger partial charge in [-0.15, -0.1) is 0 Å². The van der Waals surface area contributed by atoms with Gasteiger partial charge in [0, 0.05) is 12.8 Å². The summed E-state index contributed by atoms with van der Waals surface area (Å²) in [6.07, 6.45) is 8.30. The average Bonchev–Trinajstić information content (AvgIpc) is 3.48. The molecular formula is C20H34N6O4. The molecule has 2 saturated carbocycles. The van der Waals surface area contributed by atoms with Crippen molar-refractivity contribution >= 4 is 0 Å². The molecule has 4 rings (SSSR count). The quantitative estimate of drug-likeness (QED) is 0.540. The van der Waals surface area contributed by atoms with Gasteiger partial charge >= 0.3 is 11.5 Å². The fourth-order valence-electron chi connectivity index (χ4n) is 5.21. The Morgan fingerprint density at radius 3 is 1.50 bits per heavy atom. The molecule has 30 heavy (non-hydrogen) atoms. The van der Waals surface area contributed by atoms with Gasteiger partial charge in [0.25, 0.3) is 0 Å². The molecule has 2 fully saturated rings. The smallest absolute Gasteiger partial charge is 0.330 e. The molecule has 0 spiro atoms. The van der Waals surface area contributed by atoms with Crippen LogP contribution in [-0.4, -0.2) is 33.4 Å². The van der Waals surface area contributed by atoms with Crippen LogP contribution < -0.4 is 23.0 Å². The Hall–Kier alpha value is -2.20. The summed E-state index contributed by atoms with van der Waals surface area (Å²) < 4.78 is 8.98. The van der Waals surface area contributed by atoms with Gasteiger partial charge in [-0.05, 0) is 61.4 Å². The topological polar surface area (TPSA) is 170 Å². The Balaban J connectivity index is 0.000000171. The molecule has 168 valence electrons. The maximum absolute atomic E-state index is 10.8. The lowest BCUT2D eigenvalue weighted by Gasteiger charge is -2.25. The third-order valence-corrected chi connectivity index (χ3v) is 6.82. The zero-order valence-electron chi connectivity index (χ0n) is 17.9. The molecule has 10 heteroatoms. The van der Waals surface area contributed by atoms with E-state index in [1.54, 1.807) is 0 Å². The van der Waals surface area contributed by atoms with Crippen LogP contribution in [0.5, 0.6) is 0 Å². The number of nitrogens with two attached hydrogens (primary N) is 2. The van der Waals surface area contributed by atoms with Gasteiger partial charge in [-0.3, -0.25) is 19.0 Å². The van der Waals surface area contributed by atoms with Crippen LogP contribution in [0, 0.1) is 22.7 Å². The molecule has 0 aliphatic heterocycles.